The number of ether oxygens (including phenoxy) is 2. The van der Waals surface area contributed by atoms with Gasteiger partial charge in [0.15, 0.2) is 0 Å². The van der Waals surface area contributed by atoms with Crippen LogP contribution in [0, 0.1) is 0 Å². The monoisotopic (exact) mass is 401 g/mol. The largest absolute Gasteiger partial charge is 0.443 e. The Morgan fingerprint density at radius 1 is 0.929 bits per heavy atom. The van der Waals surface area contributed by atoms with E-state index in [1.807, 2.05) is 0 Å². The Morgan fingerprint density at radius 2 is 1.32 bits per heavy atom. The molecular weight excluding hydrogens is 375 g/mol. The first kappa shape index (κ1) is 23.5. The summed E-state index contributed by atoms with van der Waals surface area (Å²) in [6.45, 7) is 13.4. The lowest BCUT2D eigenvalue weighted by molar-refractivity contribution is -0.137. The van der Waals surface area contributed by atoms with Crippen LogP contribution in [0.3, 0.4) is 0 Å². The van der Waals surface area contributed by atoms with Crippen LogP contribution < -0.4 is 0 Å². The minimum atomic E-state index is -4.50. The molecule has 5 nitrogen and oxygen atoms in total. The molecule has 0 bridgehead atoms. The maximum Gasteiger partial charge on any atom is 0.420 e. The molecule has 0 spiro atoms. The highest BCUT2D eigenvalue weighted by Gasteiger charge is 2.37. The van der Waals surface area contributed by atoms with Gasteiger partial charge in [0.2, 0.25) is 0 Å². The first-order chi connectivity index (χ1) is 12.5. The molecule has 1 atom stereocenters. The molecule has 0 aliphatic carbocycles. The third-order valence-corrected chi connectivity index (χ3v) is 3.26. The zero-order valence-corrected chi connectivity index (χ0v) is 16.9. The molecule has 0 fully saturated rings. The highest BCUT2D eigenvalue weighted by Crippen LogP contribution is 2.32. The van der Waals surface area contributed by atoms with Crippen LogP contribution in [0.1, 0.15) is 58.7 Å². The topological polar surface area (TPSA) is 55.8 Å². The van der Waals surface area contributed by atoms with Gasteiger partial charge in [0, 0.05) is 0 Å². The number of halogens is 3. The van der Waals surface area contributed by atoms with Crippen LogP contribution in [0.4, 0.5) is 22.8 Å². The Hall–Kier alpha value is -2.51. The number of carbonyl (C=O) groups is 2. The van der Waals surface area contributed by atoms with Gasteiger partial charge in [-0.1, -0.05) is 18.2 Å². The molecular formula is C20H26F3NO4. The fourth-order valence-corrected chi connectivity index (χ4v) is 2.18. The molecule has 1 aromatic carbocycles. The SMILES string of the molecule is C=C[C@@H](c1ccc(C(F)(F)F)cc1)N(C(=O)OC(C)(C)C)C(=O)OC(C)(C)C. The second-order valence-corrected chi connectivity index (χ2v) is 8.13. The van der Waals surface area contributed by atoms with Crippen LogP contribution in [-0.4, -0.2) is 28.3 Å². The number of hydrogen-bond donors (Lipinski definition) is 0. The summed E-state index contributed by atoms with van der Waals surface area (Å²) >= 11 is 0. The van der Waals surface area contributed by atoms with E-state index in [1.54, 1.807) is 41.5 Å². The quantitative estimate of drug-likeness (QED) is 0.574. The normalized spacial score (nSPS) is 13.5. The van der Waals surface area contributed by atoms with Gasteiger partial charge in [0.05, 0.1) is 11.6 Å². The van der Waals surface area contributed by atoms with Gasteiger partial charge in [-0.3, -0.25) is 0 Å². The number of nitrogens with zero attached hydrogens (tertiary/aromatic N) is 1. The third-order valence-electron chi connectivity index (χ3n) is 3.26. The lowest BCUT2D eigenvalue weighted by Gasteiger charge is -2.32. The van der Waals surface area contributed by atoms with Gasteiger partial charge in [-0.2, -0.15) is 13.2 Å². The van der Waals surface area contributed by atoms with Crippen LogP contribution in [-0.2, 0) is 15.7 Å². The Labute approximate surface area is 163 Å². The maximum absolute atomic E-state index is 12.8. The molecule has 0 radical (unpaired) electrons. The van der Waals surface area contributed by atoms with Crippen LogP contribution >= 0.6 is 0 Å². The van der Waals surface area contributed by atoms with Gasteiger partial charge in [-0.15, -0.1) is 6.58 Å². The molecule has 156 valence electrons. The van der Waals surface area contributed by atoms with Crippen molar-refractivity contribution in [1.82, 2.24) is 4.90 Å². The van der Waals surface area contributed by atoms with Crippen molar-refractivity contribution >= 4 is 12.2 Å². The minimum absolute atomic E-state index is 0.250. The van der Waals surface area contributed by atoms with E-state index in [4.69, 9.17) is 9.47 Å². The van der Waals surface area contributed by atoms with Gasteiger partial charge in [0.1, 0.15) is 11.2 Å². The van der Waals surface area contributed by atoms with E-state index >= 15 is 0 Å². The molecule has 1 rings (SSSR count). The molecule has 8 heteroatoms. The second kappa shape index (κ2) is 8.24. The summed E-state index contributed by atoms with van der Waals surface area (Å²) in [5.74, 6) is 0. The number of rotatable bonds is 3. The molecule has 0 saturated heterocycles. The van der Waals surface area contributed by atoms with Crippen molar-refractivity contribution in [3.63, 3.8) is 0 Å². The molecule has 0 unspecified atom stereocenters. The van der Waals surface area contributed by atoms with Crippen LogP contribution in [0.2, 0.25) is 0 Å². The lowest BCUT2D eigenvalue weighted by Crippen LogP contribution is -2.45. The van der Waals surface area contributed by atoms with Crippen molar-refractivity contribution in [3.05, 3.63) is 48.0 Å². The van der Waals surface area contributed by atoms with Crippen molar-refractivity contribution in [1.29, 1.82) is 0 Å². The van der Waals surface area contributed by atoms with E-state index in [0.717, 1.165) is 12.1 Å². The number of alkyl halides is 3. The van der Waals surface area contributed by atoms with Gasteiger partial charge in [-0.25, -0.2) is 14.5 Å². The summed E-state index contributed by atoms with van der Waals surface area (Å²) in [6.07, 6.45) is -5.23. The third kappa shape index (κ3) is 6.90. The van der Waals surface area contributed by atoms with E-state index < -0.39 is 41.2 Å². The lowest BCUT2D eigenvalue weighted by atomic mass is 10.0. The van der Waals surface area contributed by atoms with Crippen molar-refractivity contribution < 1.29 is 32.2 Å². The summed E-state index contributed by atoms with van der Waals surface area (Å²) in [4.78, 5) is 26.0. The van der Waals surface area contributed by atoms with Gasteiger partial charge in [0.25, 0.3) is 0 Å². The fourth-order valence-electron chi connectivity index (χ4n) is 2.18. The van der Waals surface area contributed by atoms with E-state index in [-0.39, 0.29) is 5.56 Å². The summed E-state index contributed by atoms with van der Waals surface area (Å²) in [5.41, 5.74) is -2.40. The molecule has 28 heavy (non-hydrogen) atoms. The van der Waals surface area contributed by atoms with E-state index in [0.29, 0.717) is 4.90 Å². The Balaban J connectivity index is 3.33. The first-order valence-electron chi connectivity index (χ1n) is 8.60. The maximum atomic E-state index is 12.8. The number of amides is 2. The Morgan fingerprint density at radius 3 is 1.61 bits per heavy atom. The molecule has 0 aliphatic rings. The fraction of sp³-hybridized carbons (Fsp3) is 0.500. The average molecular weight is 401 g/mol. The van der Waals surface area contributed by atoms with Crippen molar-refractivity contribution in [3.8, 4) is 0 Å². The summed E-state index contributed by atoms with van der Waals surface area (Å²) in [6, 6.07) is 3.02. The second-order valence-electron chi connectivity index (χ2n) is 8.13. The Kier molecular flexibility index (Phi) is 6.93. The van der Waals surface area contributed by atoms with Crippen LogP contribution in [0.5, 0.6) is 0 Å². The Bertz CT molecular complexity index is 685. The molecule has 2 amide bonds. The highest BCUT2D eigenvalue weighted by atomic mass is 19.4. The summed E-state index contributed by atoms with van der Waals surface area (Å²) in [7, 11) is 0. The van der Waals surface area contributed by atoms with Crippen molar-refractivity contribution in [2.75, 3.05) is 0 Å². The predicted molar refractivity (Wildman–Crippen MR) is 98.7 cm³/mol. The highest BCUT2D eigenvalue weighted by molar-refractivity contribution is 5.89. The van der Waals surface area contributed by atoms with E-state index in [9.17, 15) is 22.8 Å². The number of hydrogen-bond acceptors (Lipinski definition) is 4. The number of carbonyl (C=O) groups excluding carboxylic acids is 2. The smallest absolute Gasteiger partial charge is 0.420 e. The standard InChI is InChI=1S/C20H26F3NO4/c1-8-15(13-9-11-14(12-10-13)20(21,22)23)24(16(25)27-18(2,3)4)17(26)28-19(5,6)7/h8-12,15H,1H2,2-7H3/t15-/m0/s1. The zero-order chi connectivity index (χ0) is 21.9. The van der Waals surface area contributed by atoms with Gasteiger partial charge in [-0.05, 0) is 59.2 Å². The molecule has 0 saturated carbocycles. The zero-order valence-electron chi connectivity index (χ0n) is 16.9. The van der Waals surface area contributed by atoms with E-state index in [1.165, 1.54) is 18.2 Å². The van der Waals surface area contributed by atoms with Crippen LogP contribution in [0.15, 0.2) is 36.9 Å². The molecule has 0 N–H and O–H groups in total. The van der Waals surface area contributed by atoms with Crippen molar-refractivity contribution in [2.45, 2.75) is 65.0 Å². The average Bonchev–Trinajstić information content (AvgIpc) is 2.47. The van der Waals surface area contributed by atoms with Crippen LogP contribution in [0.25, 0.3) is 0 Å². The molecule has 0 heterocycles. The van der Waals surface area contributed by atoms with E-state index in [2.05, 4.69) is 6.58 Å². The molecule has 0 aromatic heterocycles. The van der Waals surface area contributed by atoms with Gasteiger partial charge >= 0.3 is 18.4 Å². The van der Waals surface area contributed by atoms with Crippen molar-refractivity contribution in [2.24, 2.45) is 0 Å². The number of imide groups is 1. The number of benzene rings is 1. The van der Waals surface area contributed by atoms with Gasteiger partial charge < -0.3 is 9.47 Å². The molecule has 1 aromatic rings. The minimum Gasteiger partial charge on any atom is -0.443 e. The summed E-state index contributed by atoms with van der Waals surface area (Å²) in [5, 5.41) is 0. The summed E-state index contributed by atoms with van der Waals surface area (Å²) < 4.78 is 49.0. The molecule has 0 aliphatic heterocycles. The first-order valence-corrected chi connectivity index (χ1v) is 8.60. The predicted octanol–water partition coefficient (Wildman–Crippen LogP) is 6.10.